The molecule has 1 amide bonds. The van der Waals surface area contributed by atoms with Crippen LogP contribution in [0.3, 0.4) is 0 Å². The fourth-order valence-electron chi connectivity index (χ4n) is 6.55. The molecule has 0 radical (unpaired) electrons. The number of aromatic nitrogens is 1. The SMILES string of the molecule is CC(C)(C)N1CCC(N/C=C(\NN)[C@@H](Nc2cc(Cl)c3ncc(C#N)c(Nc4ccc(F)c(Cl)c4)c3c2)c2cccc(C(=O)N3CC(F)C3)c2)CC1. The van der Waals surface area contributed by atoms with Gasteiger partial charge in [0.1, 0.15) is 18.1 Å². The van der Waals surface area contributed by atoms with Crippen LogP contribution in [0.1, 0.15) is 61.1 Å². The number of hydrazine groups is 1. The van der Waals surface area contributed by atoms with Gasteiger partial charge in [0.05, 0.1) is 51.6 Å². The van der Waals surface area contributed by atoms with E-state index in [0.29, 0.717) is 49.8 Å². The molecule has 1 atom stereocenters. The number of nitrogens with two attached hydrogens (primary N) is 1. The van der Waals surface area contributed by atoms with Crippen LogP contribution in [0, 0.1) is 17.1 Å². The van der Waals surface area contributed by atoms with Gasteiger partial charge < -0.3 is 26.3 Å². The second kappa shape index (κ2) is 15.5. The Morgan fingerprint density at radius 2 is 1.81 bits per heavy atom. The third kappa shape index (κ3) is 8.18. The Morgan fingerprint density at radius 1 is 1.08 bits per heavy atom. The first-order chi connectivity index (χ1) is 24.8. The van der Waals surface area contributed by atoms with E-state index in [1.54, 1.807) is 30.3 Å². The van der Waals surface area contributed by atoms with Crippen molar-refractivity contribution in [3.05, 3.63) is 105 Å². The van der Waals surface area contributed by atoms with E-state index in [9.17, 15) is 18.8 Å². The fraction of sp³-hybridized carbons (Fsp3) is 0.342. The fourth-order valence-corrected chi connectivity index (χ4v) is 6.99. The molecule has 1 aromatic heterocycles. The monoisotopic (exact) mass is 747 g/mol. The standard InChI is InChI=1S/C38H41Cl2F2N9O/c1-38(2,3)51-11-9-26(10-12-51)45-19-33(49-44)35(22-5-4-6-23(13-22)37(52)50-20-25(41)21-50)48-28-14-29-34(47-27-7-8-32(42)30(39)15-27)24(17-43)18-46-36(29)31(40)16-28/h4-8,13-16,18-19,25-26,35,45,48-49H,9-12,20-21,44H2,1-3H3,(H,46,47)/b33-19-/t35-/m0/s1. The predicted octanol–water partition coefficient (Wildman–Crippen LogP) is 7.40. The molecule has 0 spiro atoms. The van der Waals surface area contributed by atoms with Crippen LogP contribution in [0.5, 0.6) is 0 Å². The van der Waals surface area contributed by atoms with Crippen LogP contribution >= 0.6 is 23.2 Å². The normalized spacial score (nSPS) is 16.6. The number of nitrogens with zero attached hydrogens (tertiary/aromatic N) is 4. The number of alkyl halides is 1. The Hall–Kier alpha value is -4.67. The van der Waals surface area contributed by atoms with Gasteiger partial charge in [-0.3, -0.25) is 20.5 Å². The van der Waals surface area contributed by atoms with Gasteiger partial charge in [0.25, 0.3) is 5.91 Å². The lowest BCUT2D eigenvalue weighted by Gasteiger charge is -2.41. The van der Waals surface area contributed by atoms with Gasteiger partial charge >= 0.3 is 0 Å². The Balaban J connectivity index is 1.37. The van der Waals surface area contributed by atoms with Crippen LogP contribution in [0.25, 0.3) is 10.9 Å². The van der Waals surface area contributed by atoms with Crippen LogP contribution in [0.15, 0.2) is 72.7 Å². The quantitative estimate of drug-likeness (QED) is 0.0831. The molecule has 6 N–H and O–H groups in total. The Kier molecular flexibility index (Phi) is 11.1. The molecule has 2 aliphatic heterocycles. The van der Waals surface area contributed by atoms with Gasteiger partial charge in [-0.25, -0.2) is 8.78 Å². The van der Waals surface area contributed by atoms with Crippen molar-refractivity contribution < 1.29 is 13.6 Å². The van der Waals surface area contributed by atoms with E-state index in [1.165, 1.54) is 29.3 Å². The van der Waals surface area contributed by atoms with Gasteiger partial charge in [0.2, 0.25) is 0 Å². The Bertz CT molecular complexity index is 2030. The lowest BCUT2D eigenvalue weighted by Crippen LogP contribution is -2.51. The number of fused-ring (bicyclic) bond motifs is 1. The minimum absolute atomic E-state index is 0.0625. The smallest absolute Gasteiger partial charge is 0.254 e. The number of carbonyl (C=O) groups excluding carboxylic acids is 1. The molecule has 0 saturated carbocycles. The minimum atomic E-state index is -1.02. The maximum atomic E-state index is 14.0. The zero-order chi connectivity index (χ0) is 37.2. The van der Waals surface area contributed by atoms with Crippen LogP contribution < -0.4 is 27.2 Å². The number of piperidine rings is 1. The number of pyridine rings is 1. The summed E-state index contributed by atoms with van der Waals surface area (Å²) in [5, 5.41) is 21.0. The number of nitrogens with one attached hydrogen (secondary N) is 4. The number of hydrogen-bond acceptors (Lipinski definition) is 9. The number of rotatable bonds is 10. The summed E-state index contributed by atoms with van der Waals surface area (Å²) in [6, 6.07) is 16.6. The molecule has 0 unspecified atom stereocenters. The number of hydrogen-bond donors (Lipinski definition) is 5. The largest absolute Gasteiger partial charge is 0.387 e. The molecule has 0 bridgehead atoms. The van der Waals surface area contributed by atoms with Crippen molar-refractivity contribution in [2.24, 2.45) is 5.84 Å². The summed E-state index contributed by atoms with van der Waals surface area (Å²) < 4.78 is 27.6. The van der Waals surface area contributed by atoms with Gasteiger partial charge in [-0.2, -0.15) is 5.26 Å². The number of amides is 1. The zero-order valence-electron chi connectivity index (χ0n) is 29.1. The van der Waals surface area contributed by atoms with Gasteiger partial charge in [0, 0.05) is 59.4 Å². The molecule has 0 aliphatic carbocycles. The molecule has 52 heavy (non-hydrogen) atoms. The van der Waals surface area contributed by atoms with Crippen molar-refractivity contribution in [2.45, 2.75) is 57.4 Å². The lowest BCUT2D eigenvalue weighted by molar-refractivity contribution is 0.0400. The summed E-state index contributed by atoms with van der Waals surface area (Å²) in [6.07, 6.45) is 4.15. The van der Waals surface area contributed by atoms with E-state index < -0.39 is 18.0 Å². The van der Waals surface area contributed by atoms with E-state index >= 15 is 0 Å². The summed E-state index contributed by atoms with van der Waals surface area (Å²) in [6.45, 7) is 8.70. The molecular formula is C38H41Cl2F2N9O. The van der Waals surface area contributed by atoms with Crippen LogP contribution in [0.2, 0.25) is 10.0 Å². The molecule has 10 nitrogen and oxygen atoms in total. The molecular weight excluding hydrogens is 707 g/mol. The van der Waals surface area contributed by atoms with Crippen molar-refractivity contribution in [1.29, 1.82) is 5.26 Å². The van der Waals surface area contributed by atoms with E-state index in [2.05, 4.69) is 58.1 Å². The highest BCUT2D eigenvalue weighted by molar-refractivity contribution is 6.36. The first-order valence-electron chi connectivity index (χ1n) is 17.1. The highest BCUT2D eigenvalue weighted by atomic mass is 35.5. The topological polar surface area (TPSA) is 134 Å². The van der Waals surface area contributed by atoms with Crippen molar-refractivity contribution in [2.75, 3.05) is 36.8 Å². The number of benzene rings is 3. The molecule has 2 fully saturated rings. The third-order valence-corrected chi connectivity index (χ3v) is 10.1. The van der Waals surface area contributed by atoms with Gasteiger partial charge in [-0.05, 0) is 81.6 Å². The Morgan fingerprint density at radius 3 is 2.46 bits per heavy atom. The van der Waals surface area contributed by atoms with E-state index in [4.69, 9.17) is 29.0 Å². The van der Waals surface area contributed by atoms with Crippen LogP contribution in [-0.4, -0.2) is 64.6 Å². The lowest BCUT2D eigenvalue weighted by atomic mass is 9.97. The zero-order valence-corrected chi connectivity index (χ0v) is 30.6. The maximum Gasteiger partial charge on any atom is 0.254 e. The highest BCUT2D eigenvalue weighted by Gasteiger charge is 2.32. The molecule has 6 rings (SSSR count). The summed E-state index contributed by atoms with van der Waals surface area (Å²) in [7, 11) is 0. The third-order valence-electron chi connectivity index (χ3n) is 9.53. The summed E-state index contributed by atoms with van der Waals surface area (Å²) in [5.41, 5.74) is 6.73. The van der Waals surface area contributed by atoms with Crippen LogP contribution in [-0.2, 0) is 0 Å². The highest BCUT2D eigenvalue weighted by Crippen LogP contribution is 2.37. The molecule has 2 saturated heterocycles. The molecule has 4 aromatic rings. The van der Waals surface area contributed by atoms with Crippen LogP contribution in [0.4, 0.5) is 25.8 Å². The van der Waals surface area contributed by atoms with Gasteiger partial charge in [0.15, 0.2) is 0 Å². The second-order valence-corrected chi connectivity index (χ2v) is 14.9. The molecule has 14 heteroatoms. The molecule has 2 aliphatic rings. The summed E-state index contributed by atoms with van der Waals surface area (Å²) in [5.74, 6) is 5.37. The van der Waals surface area contributed by atoms with Crippen molar-refractivity contribution in [3.8, 4) is 6.07 Å². The van der Waals surface area contributed by atoms with Gasteiger partial charge in [-0.15, -0.1) is 0 Å². The number of nitriles is 1. The van der Waals surface area contributed by atoms with Crippen molar-refractivity contribution >= 4 is 57.1 Å². The molecule has 3 aromatic carbocycles. The average Bonchev–Trinajstić information content (AvgIpc) is 3.11. The molecule has 272 valence electrons. The first kappa shape index (κ1) is 37.1. The van der Waals surface area contributed by atoms with Crippen molar-refractivity contribution in [3.63, 3.8) is 0 Å². The second-order valence-electron chi connectivity index (χ2n) is 14.1. The van der Waals surface area contributed by atoms with E-state index in [0.717, 1.165) is 25.9 Å². The number of anilines is 3. The predicted molar refractivity (Wildman–Crippen MR) is 203 cm³/mol. The number of halogens is 4. The number of carbonyl (C=O) groups is 1. The van der Waals surface area contributed by atoms with Crippen molar-refractivity contribution in [1.82, 2.24) is 25.5 Å². The Labute approximate surface area is 311 Å². The molecule has 3 heterocycles. The summed E-state index contributed by atoms with van der Waals surface area (Å²) >= 11 is 12.9. The van der Waals surface area contributed by atoms with E-state index in [1.807, 2.05) is 12.3 Å². The maximum absolute atomic E-state index is 14.0. The summed E-state index contributed by atoms with van der Waals surface area (Å²) in [4.78, 5) is 21.6. The van der Waals surface area contributed by atoms with Gasteiger partial charge in [-0.1, -0.05) is 35.3 Å². The first-order valence-corrected chi connectivity index (χ1v) is 17.8. The average molecular weight is 749 g/mol. The van der Waals surface area contributed by atoms with E-state index in [-0.39, 0.29) is 41.2 Å². The number of likely N-dealkylation sites (tertiary alicyclic amines) is 2. The minimum Gasteiger partial charge on any atom is -0.387 e.